The van der Waals surface area contributed by atoms with Gasteiger partial charge in [0.15, 0.2) is 5.96 Å². The predicted molar refractivity (Wildman–Crippen MR) is 121 cm³/mol. The van der Waals surface area contributed by atoms with Crippen molar-refractivity contribution in [2.45, 2.75) is 59.9 Å². The van der Waals surface area contributed by atoms with Crippen molar-refractivity contribution in [2.24, 2.45) is 10.9 Å². The van der Waals surface area contributed by atoms with Crippen molar-refractivity contribution < 1.29 is 0 Å². The number of nitrogens with one attached hydrogen (secondary N) is 2. The monoisotopic (exact) mass is 467 g/mol. The second kappa shape index (κ2) is 15.0. The van der Waals surface area contributed by atoms with Crippen molar-refractivity contribution in [3.05, 3.63) is 0 Å². The summed E-state index contributed by atoms with van der Waals surface area (Å²) in [6, 6.07) is 0.559. The molecule has 1 aliphatic heterocycles. The van der Waals surface area contributed by atoms with Gasteiger partial charge in [-0.1, -0.05) is 27.7 Å². The molecule has 0 bridgehead atoms. The number of guanidine groups is 1. The summed E-state index contributed by atoms with van der Waals surface area (Å²) < 4.78 is 0. The fourth-order valence-corrected chi connectivity index (χ4v) is 3.34. The van der Waals surface area contributed by atoms with Crippen LogP contribution in [0.2, 0.25) is 0 Å². The molecule has 0 aromatic heterocycles. The average Bonchev–Trinajstić information content (AvgIpc) is 2.55. The third kappa shape index (κ3) is 11.3. The third-order valence-electron chi connectivity index (χ3n) is 4.57. The second-order valence-corrected chi connectivity index (χ2v) is 7.31. The van der Waals surface area contributed by atoms with Crippen LogP contribution in [0.5, 0.6) is 0 Å². The van der Waals surface area contributed by atoms with E-state index in [1.165, 1.54) is 45.4 Å². The summed E-state index contributed by atoms with van der Waals surface area (Å²) in [6.45, 7) is 20.0. The van der Waals surface area contributed by atoms with Gasteiger partial charge < -0.3 is 20.4 Å². The minimum Gasteiger partial charge on any atom is -0.357 e. The molecule has 0 aromatic carbocycles. The molecule has 5 nitrogen and oxygen atoms in total. The molecule has 0 aromatic rings. The van der Waals surface area contributed by atoms with Crippen LogP contribution in [0.4, 0.5) is 0 Å². The largest absolute Gasteiger partial charge is 0.357 e. The van der Waals surface area contributed by atoms with E-state index in [2.05, 4.69) is 55.1 Å². The lowest BCUT2D eigenvalue weighted by atomic mass is 10.0. The zero-order valence-electron chi connectivity index (χ0n) is 17.2. The number of hydrogen-bond donors (Lipinski definition) is 2. The first-order chi connectivity index (χ1) is 11.6. The van der Waals surface area contributed by atoms with E-state index in [9.17, 15) is 0 Å². The number of halogens is 1. The molecule has 25 heavy (non-hydrogen) atoms. The van der Waals surface area contributed by atoms with Gasteiger partial charge in [-0.25, -0.2) is 0 Å². The molecular weight excluding hydrogens is 425 g/mol. The molecule has 0 aliphatic carbocycles. The van der Waals surface area contributed by atoms with Crippen LogP contribution in [0, 0.1) is 5.92 Å². The van der Waals surface area contributed by atoms with Gasteiger partial charge in [-0.3, -0.25) is 4.99 Å². The molecule has 1 aliphatic rings. The Bertz CT molecular complexity index is 341. The summed E-state index contributed by atoms with van der Waals surface area (Å²) in [6.07, 6.45) is 3.65. The van der Waals surface area contributed by atoms with Crippen molar-refractivity contribution in [1.29, 1.82) is 0 Å². The van der Waals surface area contributed by atoms with Gasteiger partial charge in [-0.2, -0.15) is 0 Å². The molecule has 0 saturated carbocycles. The molecule has 1 rings (SSSR count). The predicted octanol–water partition coefficient (Wildman–Crippen LogP) is 3.01. The van der Waals surface area contributed by atoms with Crippen LogP contribution in [0.25, 0.3) is 0 Å². The van der Waals surface area contributed by atoms with Gasteiger partial charge in [0, 0.05) is 38.8 Å². The first-order valence-electron chi connectivity index (χ1n) is 10.1. The molecule has 0 atom stereocenters. The van der Waals surface area contributed by atoms with Gasteiger partial charge in [0.1, 0.15) is 0 Å². The number of aliphatic imine (C=N–C) groups is 1. The molecule has 0 amide bonds. The highest BCUT2D eigenvalue weighted by atomic mass is 127. The van der Waals surface area contributed by atoms with Crippen molar-refractivity contribution in [1.82, 2.24) is 20.4 Å². The number of hydrogen-bond acceptors (Lipinski definition) is 3. The molecule has 0 radical (unpaired) electrons. The van der Waals surface area contributed by atoms with E-state index in [0.717, 1.165) is 38.1 Å². The highest BCUT2D eigenvalue weighted by Crippen LogP contribution is 2.12. The van der Waals surface area contributed by atoms with Gasteiger partial charge in [-0.15, -0.1) is 24.0 Å². The van der Waals surface area contributed by atoms with E-state index in [-0.39, 0.29) is 24.0 Å². The lowest BCUT2D eigenvalue weighted by Crippen LogP contribution is -2.49. The molecule has 0 unspecified atom stereocenters. The number of rotatable bonds is 10. The van der Waals surface area contributed by atoms with E-state index in [1.807, 2.05) is 0 Å². The van der Waals surface area contributed by atoms with Crippen LogP contribution in [0.3, 0.4) is 0 Å². The Hall–Kier alpha value is -0.0800. The van der Waals surface area contributed by atoms with E-state index < -0.39 is 0 Å². The lowest BCUT2D eigenvalue weighted by Gasteiger charge is -2.34. The first-order valence-corrected chi connectivity index (χ1v) is 10.1. The van der Waals surface area contributed by atoms with E-state index in [0.29, 0.717) is 6.04 Å². The average molecular weight is 467 g/mol. The minimum atomic E-state index is 0. The molecule has 1 fully saturated rings. The zero-order chi connectivity index (χ0) is 17.8. The van der Waals surface area contributed by atoms with Crippen LogP contribution >= 0.6 is 24.0 Å². The number of nitrogens with zero attached hydrogens (tertiary/aromatic N) is 3. The molecule has 1 saturated heterocycles. The number of likely N-dealkylation sites (N-methyl/N-ethyl adjacent to an activating group) is 1. The van der Waals surface area contributed by atoms with Crippen LogP contribution in [0.1, 0.15) is 53.9 Å². The lowest BCUT2D eigenvalue weighted by molar-refractivity contribution is 0.187. The van der Waals surface area contributed by atoms with Gasteiger partial charge in [0.25, 0.3) is 0 Å². The fraction of sp³-hybridized carbons (Fsp3) is 0.947. The minimum absolute atomic E-state index is 0. The van der Waals surface area contributed by atoms with Crippen LogP contribution in [0.15, 0.2) is 4.99 Å². The Morgan fingerprint density at radius 3 is 2.36 bits per heavy atom. The summed E-state index contributed by atoms with van der Waals surface area (Å²) in [4.78, 5) is 9.85. The van der Waals surface area contributed by atoms with Crippen LogP contribution in [-0.4, -0.2) is 74.2 Å². The Balaban J connectivity index is 0.00000576. The Morgan fingerprint density at radius 1 is 1.16 bits per heavy atom. The fourth-order valence-electron chi connectivity index (χ4n) is 3.34. The number of likely N-dealkylation sites (tertiary alicyclic amines) is 1. The smallest absolute Gasteiger partial charge is 0.191 e. The number of piperidine rings is 1. The summed E-state index contributed by atoms with van der Waals surface area (Å²) >= 11 is 0. The van der Waals surface area contributed by atoms with Crippen molar-refractivity contribution >= 4 is 29.9 Å². The van der Waals surface area contributed by atoms with Crippen LogP contribution in [-0.2, 0) is 0 Å². The van der Waals surface area contributed by atoms with E-state index in [1.54, 1.807) is 0 Å². The van der Waals surface area contributed by atoms with Gasteiger partial charge in [0.2, 0.25) is 0 Å². The summed E-state index contributed by atoms with van der Waals surface area (Å²) in [7, 11) is 0. The van der Waals surface area contributed by atoms with Crippen molar-refractivity contribution in [3.63, 3.8) is 0 Å². The second-order valence-electron chi connectivity index (χ2n) is 7.31. The molecule has 6 heteroatoms. The molecule has 1 heterocycles. The summed E-state index contributed by atoms with van der Waals surface area (Å²) in [5.41, 5.74) is 0. The Kier molecular flexibility index (Phi) is 15.0. The third-order valence-corrected chi connectivity index (χ3v) is 4.57. The van der Waals surface area contributed by atoms with E-state index >= 15 is 0 Å². The Labute approximate surface area is 173 Å². The normalized spacial score (nSPS) is 17.0. The summed E-state index contributed by atoms with van der Waals surface area (Å²) in [5.74, 6) is 1.75. The van der Waals surface area contributed by atoms with Gasteiger partial charge in [0.05, 0.1) is 6.54 Å². The maximum Gasteiger partial charge on any atom is 0.191 e. The maximum atomic E-state index is 4.78. The standard InChI is InChI=1S/C19H41N5.HI/c1-6-12-23(8-3)15-11-21-19(20-7-2)22-18-9-13-24(14-10-18)16-17(4)5;/h17-18H,6-16H2,1-5H3,(H2,20,21,22);1H. The summed E-state index contributed by atoms with van der Waals surface area (Å²) in [5, 5.41) is 7.05. The first kappa shape index (κ1) is 24.9. The molecular formula is C19H42IN5. The topological polar surface area (TPSA) is 42.9 Å². The zero-order valence-corrected chi connectivity index (χ0v) is 19.5. The quantitative estimate of drug-likeness (QED) is 0.295. The van der Waals surface area contributed by atoms with Crippen molar-refractivity contribution in [2.75, 3.05) is 52.4 Å². The van der Waals surface area contributed by atoms with Gasteiger partial charge in [-0.05, 0) is 45.2 Å². The highest BCUT2D eigenvalue weighted by Gasteiger charge is 2.20. The van der Waals surface area contributed by atoms with E-state index in [4.69, 9.17) is 4.99 Å². The SMILES string of the molecule is CCCN(CC)CCN=C(NCC)NC1CCN(CC(C)C)CC1.I. The maximum absolute atomic E-state index is 4.78. The Morgan fingerprint density at radius 2 is 1.84 bits per heavy atom. The molecule has 150 valence electrons. The van der Waals surface area contributed by atoms with Crippen LogP contribution < -0.4 is 10.6 Å². The van der Waals surface area contributed by atoms with Crippen molar-refractivity contribution in [3.8, 4) is 0 Å². The molecule has 0 spiro atoms. The van der Waals surface area contributed by atoms with Gasteiger partial charge >= 0.3 is 0 Å². The highest BCUT2D eigenvalue weighted by molar-refractivity contribution is 14.0. The molecule has 2 N–H and O–H groups in total.